The monoisotopic (exact) mass is 309 g/mol. The highest BCUT2D eigenvalue weighted by Crippen LogP contribution is 2.31. The van der Waals surface area contributed by atoms with Gasteiger partial charge in [0.2, 0.25) is 0 Å². The molecule has 2 aromatic rings. The molecule has 0 aliphatic rings. The van der Waals surface area contributed by atoms with Crippen molar-refractivity contribution in [2.45, 2.75) is 19.3 Å². The minimum absolute atomic E-state index is 0.0434. The maximum Gasteiger partial charge on any atom is 0.417 e. The van der Waals surface area contributed by atoms with Crippen molar-refractivity contribution in [3.8, 4) is 0 Å². The number of halogens is 3. The van der Waals surface area contributed by atoms with Gasteiger partial charge in [-0.25, -0.2) is 0 Å². The van der Waals surface area contributed by atoms with Crippen LogP contribution in [0.5, 0.6) is 0 Å². The molecule has 116 valence electrons. The van der Waals surface area contributed by atoms with Crippen LogP contribution in [0.15, 0.2) is 48.5 Å². The van der Waals surface area contributed by atoms with E-state index in [1.165, 1.54) is 12.1 Å². The first-order valence-corrected chi connectivity index (χ1v) is 6.55. The van der Waals surface area contributed by atoms with Crippen LogP contribution < -0.4 is 5.32 Å². The third kappa shape index (κ3) is 3.65. The van der Waals surface area contributed by atoms with Gasteiger partial charge in [-0.15, -0.1) is 0 Å². The number of aliphatic hydroxyl groups is 1. The number of rotatable bonds is 4. The van der Waals surface area contributed by atoms with Crippen LogP contribution in [0, 0.1) is 0 Å². The van der Waals surface area contributed by atoms with Crippen LogP contribution in [0.1, 0.15) is 27.0 Å². The summed E-state index contributed by atoms with van der Waals surface area (Å²) in [4.78, 5) is 12.0. The zero-order valence-electron chi connectivity index (χ0n) is 11.5. The molecule has 22 heavy (non-hydrogen) atoms. The van der Waals surface area contributed by atoms with Gasteiger partial charge in [0.15, 0.2) is 0 Å². The van der Waals surface area contributed by atoms with Gasteiger partial charge >= 0.3 is 6.18 Å². The van der Waals surface area contributed by atoms with Crippen molar-refractivity contribution in [3.63, 3.8) is 0 Å². The second-order valence-corrected chi connectivity index (χ2v) is 4.65. The Labute approximate surface area is 125 Å². The molecular formula is C16H14F3NO2. The summed E-state index contributed by atoms with van der Waals surface area (Å²) >= 11 is 0. The van der Waals surface area contributed by atoms with Crippen LogP contribution >= 0.6 is 0 Å². The maximum atomic E-state index is 12.9. The molecule has 0 unspecified atom stereocenters. The molecule has 1 amide bonds. The van der Waals surface area contributed by atoms with E-state index in [0.29, 0.717) is 11.1 Å². The molecule has 0 atom stereocenters. The van der Waals surface area contributed by atoms with Gasteiger partial charge in [0.05, 0.1) is 17.7 Å². The summed E-state index contributed by atoms with van der Waals surface area (Å²) in [6.45, 7) is -0.160. The second-order valence-electron chi connectivity index (χ2n) is 4.65. The SMILES string of the molecule is O=C(NCc1ccccc1CO)c1ccccc1C(F)(F)F. The molecule has 0 bridgehead atoms. The topological polar surface area (TPSA) is 49.3 Å². The van der Waals surface area contributed by atoms with Crippen LogP contribution in [-0.2, 0) is 19.3 Å². The van der Waals surface area contributed by atoms with Gasteiger partial charge in [-0.05, 0) is 23.3 Å². The molecule has 0 radical (unpaired) electrons. The number of aliphatic hydroxyl groups excluding tert-OH is 1. The van der Waals surface area contributed by atoms with Gasteiger partial charge in [0, 0.05) is 6.54 Å². The Kier molecular flexibility index (Phi) is 4.82. The predicted molar refractivity (Wildman–Crippen MR) is 75.0 cm³/mol. The number of benzene rings is 2. The lowest BCUT2D eigenvalue weighted by Crippen LogP contribution is -2.26. The first-order valence-electron chi connectivity index (χ1n) is 6.55. The molecule has 0 spiro atoms. The lowest BCUT2D eigenvalue weighted by molar-refractivity contribution is -0.137. The molecule has 2 rings (SSSR count). The molecule has 6 heteroatoms. The van der Waals surface area contributed by atoms with E-state index in [-0.39, 0.29) is 13.2 Å². The summed E-state index contributed by atoms with van der Waals surface area (Å²) in [5.41, 5.74) is -0.117. The first kappa shape index (κ1) is 16.0. The number of hydrogen-bond acceptors (Lipinski definition) is 2. The number of hydrogen-bond donors (Lipinski definition) is 2. The van der Waals surface area contributed by atoms with Crippen molar-refractivity contribution >= 4 is 5.91 Å². The van der Waals surface area contributed by atoms with Crippen LogP contribution in [0.4, 0.5) is 13.2 Å². The third-order valence-corrected chi connectivity index (χ3v) is 3.21. The number of alkyl halides is 3. The molecule has 0 aliphatic carbocycles. The number of carbonyl (C=O) groups excluding carboxylic acids is 1. The highest BCUT2D eigenvalue weighted by Gasteiger charge is 2.34. The molecule has 2 aromatic carbocycles. The number of carbonyl (C=O) groups is 1. The lowest BCUT2D eigenvalue weighted by Gasteiger charge is -2.13. The standard InChI is InChI=1S/C16H14F3NO2/c17-16(18,19)14-8-4-3-7-13(14)15(22)20-9-11-5-1-2-6-12(11)10-21/h1-8,21H,9-10H2,(H,20,22). The molecule has 3 nitrogen and oxygen atoms in total. The molecule has 0 fully saturated rings. The van der Waals surface area contributed by atoms with Gasteiger partial charge in [0.1, 0.15) is 0 Å². The Balaban J connectivity index is 2.17. The molecule has 2 N–H and O–H groups in total. The van der Waals surface area contributed by atoms with Crippen molar-refractivity contribution < 1.29 is 23.1 Å². The van der Waals surface area contributed by atoms with E-state index in [2.05, 4.69) is 5.32 Å². The average molecular weight is 309 g/mol. The Bertz CT molecular complexity index is 668. The zero-order chi connectivity index (χ0) is 16.2. The Morgan fingerprint density at radius 1 is 1.00 bits per heavy atom. The molecule has 0 aliphatic heterocycles. The predicted octanol–water partition coefficient (Wildman–Crippen LogP) is 3.13. The van der Waals surface area contributed by atoms with E-state index in [4.69, 9.17) is 0 Å². The van der Waals surface area contributed by atoms with Gasteiger partial charge in [-0.3, -0.25) is 4.79 Å². The minimum Gasteiger partial charge on any atom is -0.392 e. The zero-order valence-corrected chi connectivity index (χ0v) is 11.5. The van der Waals surface area contributed by atoms with Crippen LogP contribution in [0.2, 0.25) is 0 Å². The molecule has 0 heterocycles. The van der Waals surface area contributed by atoms with Crippen molar-refractivity contribution in [3.05, 3.63) is 70.8 Å². The second kappa shape index (κ2) is 6.62. The van der Waals surface area contributed by atoms with Gasteiger partial charge in [0.25, 0.3) is 5.91 Å². The van der Waals surface area contributed by atoms with Crippen molar-refractivity contribution in [2.75, 3.05) is 0 Å². The van der Waals surface area contributed by atoms with Gasteiger partial charge in [-0.1, -0.05) is 36.4 Å². The maximum absolute atomic E-state index is 12.9. The summed E-state index contributed by atoms with van der Waals surface area (Å²) in [7, 11) is 0. The molecule has 0 saturated heterocycles. The van der Waals surface area contributed by atoms with Crippen LogP contribution in [0.25, 0.3) is 0 Å². The molecule has 0 aromatic heterocycles. The number of amides is 1. The Morgan fingerprint density at radius 3 is 2.23 bits per heavy atom. The van der Waals surface area contributed by atoms with E-state index >= 15 is 0 Å². The Hall–Kier alpha value is -2.34. The van der Waals surface area contributed by atoms with E-state index in [9.17, 15) is 23.1 Å². The fourth-order valence-electron chi connectivity index (χ4n) is 2.08. The molecule has 0 saturated carbocycles. The average Bonchev–Trinajstić information content (AvgIpc) is 2.52. The first-order chi connectivity index (χ1) is 10.4. The van der Waals surface area contributed by atoms with E-state index in [1.54, 1.807) is 24.3 Å². The van der Waals surface area contributed by atoms with Crippen LogP contribution in [-0.4, -0.2) is 11.0 Å². The summed E-state index contributed by atoms with van der Waals surface area (Å²) in [6, 6.07) is 11.5. The highest BCUT2D eigenvalue weighted by molar-refractivity contribution is 5.95. The normalized spacial score (nSPS) is 11.3. The summed E-state index contributed by atoms with van der Waals surface area (Å²) < 4.78 is 38.6. The summed E-state index contributed by atoms with van der Waals surface area (Å²) in [5.74, 6) is -0.805. The van der Waals surface area contributed by atoms with Crippen molar-refractivity contribution in [1.29, 1.82) is 0 Å². The smallest absolute Gasteiger partial charge is 0.392 e. The largest absolute Gasteiger partial charge is 0.417 e. The van der Waals surface area contributed by atoms with Crippen molar-refractivity contribution in [1.82, 2.24) is 5.32 Å². The van der Waals surface area contributed by atoms with Crippen molar-refractivity contribution in [2.24, 2.45) is 0 Å². The number of nitrogens with one attached hydrogen (secondary N) is 1. The van der Waals surface area contributed by atoms with Gasteiger partial charge < -0.3 is 10.4 Å². The highest BCUT2D eigenvalue weighted by atomic mass is 19.4. The Morgan fingerprint density at radius 2 is 1.59 bits per heavy atom. The lowest BCUT2D eigenvalue weighted by atomic mass is 10.1. The fraction of sp³-hybridized carbons (Fsp3) is 0.188. The molecular weight excluding hydrogens is 295 g/mol. The van der Waals surface area contributed by atoms with E-state index < -0.39 is 23.2 Å². The van der Waals surface area contributed by atoms with E-state index in [0.717, 1.165) is 12.1 Å². The quantitative estimate of drug-likeness (QED) is 0.911. The fourth-order valence-corrected chi connectivity index (χ4v) is 2.08. The third-order valence-electron chi connectivity index (χ3n) is 3.21. The van der Waals surface area contributed by atoms with Crippen LogP contribution in [0.3, 0.4) is 0 Å². The minimum atomic E-state index is -4.59. The van der Waals surface area contributed by atoms with E-state index in [1.807, 2.05) is 0 Å². The van der Waals surface area contributed by atoms with Gasteiger partial charge in [-0.2, -0.15) is 13.2 Å². The summed E-state index contributed by atoms with van der Waals surface area (Å²) in [5, 5.41) is 11.6. The summed E-state index contributed by atoms with van der Waals surface area (Å²) in [6.07, 6.45) is -4.59.